The van der Waals surface area contributed by atoms with Crippen molar-refractivity contribution < 1.29 is 9.84 Å². The van der Waals surface area contributed by atoms with Crippen molar-refractivity contribution >= 4 is 17.5 Å². The molecule has 1 aliphatic rings. The molecule has 1 atom stereocenters. The second kappa shape index (κ2) is 5.26. The average Bonchev–Trinajstić information content (AvgIpc) is 2.47. The molecular formula is C14H14ClN3O2. The molecule has 1 aromatic carbocycles. The van der Waals surface area contributed by atoms with Gasteiger partial charge in [-0.25, -0.2) is 9.97 Å². The number of aliphatic hydroxyl groups is 1. The lowest BCUT2D eigenvalue weighted by Crippen LogP contribution is -2.39. The molecule has 2 N–H and O–H groups in total. The van der Waals surface area contributed by atoms with Crippen LogP contribution < -0.4 is 10.1 Å². The van der Waals surface area contributed by atoms with Gasteiger partial charge in [-0.3, -0.25) is 0 Å². The van der Waals surface area contributed by atoms with Crippen LogP contribution in [0, 0.1) is 0 Å². The summed E-state index contributed by atoms with van der Waals surface area (Å²) in [5, 5.41) is 14.3. The lowest BCUT2D eigenvalue weighted by Gasteiger charge is -2.34. The van der Waals surface area contributed by atoms with Crippen LogP contribution in [-0.2, 0) is 5.60 Å². The first-order valence-corrected chi connectivity index (χ1v) is 6.71. The number of benzene rings is 1. The van der Waals surface area contributed by atoms with E-state index in [9.17, 15) is 5.11 Å². The molecular weight excluding hydrogens is 278 g/mol. The average molecular weight is 292 g/mol. The topological polar surface area (TPSA) is 67.3 Å². The van der Waals surface area contributed by atoms with Crippen LogP contribution in [0.1, 0.15) is 12.0 Å². The van der Waals surface area contributed by atoms with Crippen molar-refractivity contribution in [3.63, 3.8) is 0 Å². The minimum Gasteiger partial charge on any atom is -0.493 e. The van der Waals surface area contributed by atoms with Gasteiger partial charge in [-0.1, -0.05) is 29.8 Å². The van der Waals surface area contributed by atoms with Crippen molar-refractivity contribution in [2.75, 3.05) is 18.5 Å². The Morgan fingerprint density at radius 1 is 1.30 bits per heavy atom. The Balaban J connectivity index is 1.78. The fourth-order valence-electron chi connectivity index (χ4n) is 2.25. The second-order valence-electron chi connectivity index (χ2n) is 4.70. The van der Waals surface area contributed by atoms with E-state index in [1.165, 1.54) is 12.4 Å². The maximum absolute atomic E-state index is 10.8. The van der Waals surface area contributed by atoms with Crippen LogP contribution in [0.4, 0.5) is 5.95 Å². The van der Waals surface area contributed by atoms with E-state index in [-0.39, 0.29) is 0 Å². The maximum Gasteiger partial charge on any atom is 0.222 e. The van der Waals surface area contributed by atoms with Crippen molar-refractivity contribution in [2.45, 2.75) is 12.0 Å². The zero-order chi connectivity index (χ0) is 14.0. The summed E-state index contributed by atoms with van der Waals surface area (Å²) >= 11 is 5.74. The summed E-state index contributed by atoms with van der Waals surface area (Å²) in [6, 6.07) is 7.51. The Kier molecular flexibility index (Phi) is 3.46. The molecule has 0 bridgehead atoms. The number of nitrogens with zero attached hydrogens (tertiary/aromatic N) is 2. The molecule has 3 rings (SSSR count). The van der Waals surface area contributed by atoms with Gasteiger partial charge in [-0.15, -0.1) is 0 Å². The number of ether oxygens (including phenoxy) is 1. The van der Waals surface area contributed by atoms with E-state index in [1.54, 1.807) is 0 Å². The summed E-state index contributed by atoms with van der Waals surface area (Å²) in [6.45, 7) is 0.797. The molecule has 0 aliphatic carbocycles. The number of fused-ring (bicyclic) bond motifs is 1. The van der Waals surface area contributed by atoms with Gasteiger partial charge >= 0.3 is 0 Å². The van der Waals surface area contributed by atoms with Gasteiger partial charge in [0.05, 0.1) is 30.6 Å². The molecule has 5 nitrogen and oxygen atoms in total. The van der Waals surface area contributed by atoms with Crippen molar-refractivity contribution in [1.82, 2.24) is 9.97 Å². The normalized spacial score (nSPS) is 20.9. The molecule has 0 amide bonds. The second-order valence-corrected chi connectivity index (χ2v) is 5.14. The van der Waals surface area contributed by atoms with Crippen molar-refractivity contribution in [1.29, 1.82) is 0 Å². The standard InChI is InChI=1S/C14H14ClN3O2/c15-10-7-16-13(17-8-10)18-9-14(19)5-6-20-12-4-2-1-3-11(12)14/h1-4,7-8,19H,5-6,9H2,(H,16,17,18). The van der Waals surface area contributed by atoms with E-state index in [1.807, 2.05) is 24.3 Å². The van der Waals surface area contributed by atoms with Crippen LogP contribution in [0.15, 0.2) is 36.7 Å². The van der Waals surface area contributed by atoms with Gasteiger partial charge in [0.25, 0.3) is 0 Å². The fourth-order valence-corrected chi connectivity index (χ4v) is 2.35. The van der Waals surface area contributed by atoms with Crippen molar-refractivity contribution in [3.8, 4) is 5.75 Å². The smallest absolute Gasteiger partial charge is 0.222 e. The van der Waals surface area contributed by atoms with Crippen LogP contribution in [-0.4, -0.2) is 28.2 Å². The van der Waals surface area contributed by atoms with Crippen molar-refractivity contribution in [2.24, 2.45) is 0 Å². The number of para-hydroxylation sites is 1. The third-order valence-electron chi connectivity index (χ3n) is 3.32. The molecule has 0 fully saturated rings. The van der Waals surface area contributed by atoms with Gasteiger partial charge in [0, 0.05) is 12.0 Å². The summed E-state index contributed by atoms with van der Waals surface area (Å²) < 4.78 is 5.55. The van der Waals surface area contributed by atoms with Crippen LogP contribution in [0.3, 0.4) is 0 Å². The van der Waals surface area contributed by atoms with Gasteiger partial charge < -0.3 is 15.2 Å². The number of rotatable bonds is 3. The van der Waals surface area contributed by atoms with Gasteiger partial charge in [0.1, 0.15) is 11.4 Å². The van der Waals surface area contributed by atoms with Crippen LogP contribution >= 0.6 is 11.6 Å². The van der Waals surface area contributed by atoms with Gasteiger partial charge in [0.15, 0.2) is 0 Å². The molecule has 0 saturated carbocycles. The molecule has 2 aromatic rings. The number of hydrogen-bond donors (Lipinski definition) is 2. The lowest BCUT2D eigenvalue weighted by molar-refractivity contribution is 0.00901. The molecule has 0 saturated heterocycles. The molecule has 0 radical (unpaired) electrons. The monoisotopic (exact) mass is 291 g/mol. The molecule has 1 aromatic heterocycles. The quantitative estimate of drug-likeness (QED) is 0.907. The highest BCUT2D eigenvalue weighted by Crippen LogP contribution is 2.36. The van der Waals surface area contributed by atoms with Gasteiger partial charge in [0.2, 0.25) is 5.95 Å². The van der Waals surface area contributed by atoms with E-state index in [2.05, 4.69) is 15.3 Å². The highest BCUT2D eigenvalue weighted by molar-refractivity contribution is 6.30. The zero-order valence-electron chi connectivity index (χ0n) is 10.7. The number of nitrogens with one attached hydrogen (secondary N) is 1. The van der Waals surface area contributed by atoms with Crippen LogP contribution in [0.2, 0.25) is 5.02 Å². The number of aromatic nitrogens is 2. The van der Waals surface area contributed by atoms with E-state index in [4.69, 9.17) is 16.3 Å². The van der Waals surface area contributed by atoms with E-state index >= 15 is 0 Å². The first-order valence-electron chi connectivity index (χ1n) is 6.33. The lowest BCUT2D eigenvalue weighted by atomic mass is 9.88. The maximum atomic E-state index is 10.8. The van der Waals surface area contributed by atoms with Gasteiger partial charge in [-0.05, 0) is 6.07 Å². The van der Waals surface area contributed by atoms with E-state index in [0.717, 1.165) is 11.3 Å². The predicted octanol–water partition coefficient (Wildman–Crippen LogP) is 2.21. The summed E-state index contributed by atoms with van der Waals surface area (Å²) in [5.74, 6) is 1.16. The summed E-state index contributed by atoms with van der Waals surface area (Å²) in [6.07, 6.45) is 3.54. The molecule has 0 spiro atoms. The molecule has 1 aliphatic heterocycles. The Morgan fingerprint density at radius 2 is 2.05 bits per heavy atom. The Labute approximate surface area is 121 Å². The third-order valence-corrected chi connectivity index (χ3v) is 3.52. The predicted molar refractivity (Wildman–Crippen MR) is 76.0 cm³/mol. The van der Waals surface area contributed by atoms with Crippen molar-refractivity contribution in [3.05, 3.63) is 47.2 Å². The summed E-state index contributed by atoms with van der Waals surface area (Å²) in [4.78, 5) is 8.11. The Hall–Kier alpha value is -1.85. The highest BCUT2D eigenvalue weighted by Gasteiger charge is 2.35. The minimum atomic E-state index is -0.988. The van der Waals surface area contributed by atoms with Crippen LogP contribution in [0.25, 0.3) is 0 Å². The van der Waals surface area contributed by atoms with Crippen LogP contribution in [0.5, 0.6) is 5.75 Å². The molecule has 2 heterocycles. The van der Waals surface area contributed by atoms with Gasteiger partial charge in [-0.2, -0.15) is 0 Å². The molecule has 20 heavy (non-hydrogen) atoms. The third kappa shape index (κ3) is 2.55. The Bertz CT molecular complexity index is 606. The molecule has 104 valence electrons. The molecule has 6 heteroatoms. The fraction of sp³-hybridized carbons (Fsp3) is 0.286. The van der Waals surface area contributed by atoms with E-state index < -0.39 is 5.60 Å². The minimum absolute atomic E-state index is 0.314. The summed E-state index contributed by atoms with van der Waals surface area (Å²) in [7, 11) is 0. The first-order chi connectivity index (χ1) is 9.67. The highest BCUT2D eigenvalue weighted by atomic mass is 35.5. The largest absolute Gasteiger partial charge is 0.493 e. The number of hydrogen-bond acceptors (Lipinski definition) is 5. The first kappa shape index (κ1) is 13.1. The number of halogens is 1. The van der Waals surface area contributed by atoms with E-state index in [0.29, 0.717) is 30.5 Å². The molecule has 1 unspecified atom stereocenters. The Morgan fingerprint density at radius 3 is 2.85 bits per heavy atom. The number of anilines is 1. The SMILES string of the molecule is OC1(CNc2ncc(Cl)cn2)CCOc2ccccc21. The summed E-state index contributed by atoms with van der Waals surface area (Å²) in [5.41, 5.74) is -0.203. The zero-order valence-corrected chi connectivity index (χ0v) is 11.5.